The molecule has 130 valence electrons. The topological polar surface area (TPSA) is 68.0 Å². The lowest BCUT2D eigenvalue weighted by Crippen LogP contribution is -2.06. The second kappa shape index (κ2) is 7.18. The summed E-state index contributed by atoms with van der Waals surface area (Å²) in [6.07, 6.45) is -2.01. The Balaban J connectivity index is 2.23. The van der Waals surface area contributed by atoms with Crippen molar-refractivity contribution in [1.29, 1.82) is 0 Å². The minimum Gasteiger partial charge on any atom is -0.481 e. The molecule has 0 amide bonds. The van der Waals surface area contributed by atoms with Crippen molar-refractivity contribution in [3.63, 3.8) is 0 Å². The van der Waals surface area contributed by atoms with Crippen molar-refractivity contribution in [1.82, 2.24) is 14.8 Å². The maximum atomic E-state index is 13.4. The number of aromatic nitrogens is 3. The Morgan fingerprint density at radius 1 is 1.20 bits per heavy atom. The molecular weight excluding hydrogens is 348 g/mol. The predicted octanol–water partition coefficient (Wildman–Crippen LogP) is 4.10. The maximum absolute atomic E-state index is 13.4. The molecule has 2 aromatic carbocycles. The number of hydrogen-bond donors (Lipinski definition) is 1. The third-order valence-corrected chi connectivity index (χ3v) is 4.71. The zero-order valence-electron chi connectivity index (χ0n) is 13.3. The van der Waals surface area contributed by atoms with E-state index < -0.39 is 18.2 Å². The largest absolute Gasteiger partial charge is 0.481 e. The SMILES string of the molecule is CCc1ccc(-n2c(SCC(=O)O)nnc2C(F)F)c2ccccc12. The van der Waals surface area contributed by atoms with E-state index in [1.54, 1.807) is 6.07 Å². The molecule has 3 aromatic rings. The van der Waals surface area contributed by atoms with Crippen LogP contribution in [0.1, 0.15) is 24.7 Å². The summed E-state index contributed by atoms with van der Waals surface area (Å²) < 4.78 is 28.1. The molecule has 0 saturated carbocycles. The summed E-state index contributed by atoms with van der Waals surface area (Å²) in [7, 11) is 0. The van der Waals surface area contributed by atoms with Crippen molar-refractivity contribution in [2.45, 2.75) is 24.9 Å². The highest BCUT2D eigenvalue weighted by atomic mass is 32.2. The molecule has 1 heterocycles. The van der Waals surface area contributed by atoms with Crippen LogP contribution >= 0.6 is 11.8 Å². The van der Waals surface area contributed by atoms with E-state index in [0.29, 0.717) is 5.69 Å². The highest BCUT2D eigenvalue weighted by Crippen LogP contribution is 2.32. The number of rotatable bonds is 6. The normalized spacial score (nSPS) is 11.4. The summed E-state index contributed by atoms with van der Waals surface area (Å²) in [4.78, 5) is 10.8. The number of thioether (sulfide) groups is 1. The fraction of sp³-hybridized carbons (Fsp3) is 0.235. The standard InChI is InChI=1S/C17H15F2N3O2S/c1-2-10-7-8-13(12-6-4-3-5-11(10)12)22-16(15(18)19)20-21-17(22)25-9-14(23)24/h3-8,15H,2,9H2,1H3,(H,23,24). The lowest BCUT2D eigenvalue weighted by Gasteiger charge is -2.14. The van der Waals surface area contributed by atoms with Crippen molar-refractivity contribution >= 4 is 28.5 Å². The third-order valence-electron chi connectivity index (χ3n) is 3.79. The first-order chi connectivity index (χ1) is 12.0. The van der Waals surface area contributed by atoms with E-state index in [1.807, 2.05) is 37.3 Å². The fourth-order valence-corrected chi connectivity index (χ4v) is 3.39. The zero-order valence-corrected chi connectivity index (χ0v) is 14.1. The summed E-state index contributed by atoms with van der Waals surface area (Å²) in [5.41, 5.74) is 1.62. The molecule has 0 bridgehead atoms. The Labute approximate surface area is 146 Å². The van der Waals surface area contributed by atoms with Gasteiger partial charge in [-0.15, -0.1) is 10.2 Å². The van der Waals surface area contributed by atoms with Crippen molar-refractivity contribution in [2.24, 2.45) is 0 Å². The minimum atomic E-state index is -2.82. The van der Waals surface area contributed by atoms with Crippen LogP contribution in [0.3, 0.4) is 0 Å². The van der Waals surface area contributed by atoms with Crippen LogP contribution in [0.2, 0.25) is 0 Å². The van der Waals surface area contributed by atoms with Gasteiger partial charge in [0.2, 0.25) is 5.82 Å². The number of carbonyl (C=O) groups is 1. The smallest absolute Gasteiger partial charge is 0.313 e. The number of halogens is 2. The van der Waals surface area contributed by atoms with Gasteiger partial charge in [0.25, 0.3) is 6.43 Å². The van der Waals surface area contributed by atoms with Gasteiger partial charge in [0, 0.05) is 5.39 Å². The number of aliphatic carboxylic acids is 1. The molecular formula is C17H15F2N3O2S. The third kappa shape index (κ3) is 3.34. The van der Waals surface area contributed by atoms with Crippen LogP contribution in [0.5, 0.6) is 0 Å². The average Bonchev–Trinajstić information content (AvgIpc) is 3.03. The van der Waals surface area contributed by atoms with Gasteiger partial charge in [0.05, 0.1) is 11.4 Å². The van der Waals surface area contributed by atoms with Gasteiger partial charge >= 0.3 is 5.97 Å². The van der Waals surface area contributed by atoms with E-state index in [0.717, 1.165) is 34.5 Å². The van der Waals surface area contributed by atoms with Crippen molar-refractivity contribution in [3.8, 4) is 5.69 Å². The van der Waals surface area contributed by atoms with Gasteiger partial charge in [0.1, 0.15) is 0 Å². The Morgan fingerprint density at radius 2 is 1.92 bits per heavy atom. The Kier molecular flexibility index (Phi) is 4.98. The fourth-order valence-electron chi connectivity index (χ4n) is 2.72. The monoisotopic (exact) mass is 363 g/mol. The molecule has 0 unspecified atom stereocenters. The van der Waals surface area contributed by atoms with Crippen LogP contribution in [-0.2, 0) is 11.2 Å². The van der Waals surface area contributed by atoms with Crippen LogP contribution in [0.25, 0.3) is 16.5 Å². The number of aryl methyl sites for hydroxylation is 1. The van der Waals surface area contributed by atoms with E-state index in [4.69, 9.17) is 5.11 Å². The maximum Gasteiger partial charge on any atom is 0.313 e. The molecule has 0 aliphatic carbocycles. The Bertz CT molecular complexity index is 927. The lowest BCUT2D eigenvalue weighted by atomic mass is 10.0. The molecule has 5 nitrogen and oxygen atoms in total. The molecule has 0 atom stereocenters. The van der Waals surface area contributed by atoms with Crippen LogP contribution in [0.4, 0.5) is 8.78 Å². The van der Waals surface area contributed by atoms with E-state index in [1.165, 1.54) is 4.57 Å². The first-order valence-electron chi connectivity index (χ1n) is 7.62. The van der Waals surface area contributed by atoms with Crippen LogP contribution < -0.4 is 0 Å². The lowest BCUT2D eigenvalue weighted by molar-refractivity contribution is -0.133. The van der Waals surface area contributed by atoms with E-state index in [-0.39, 0.29) is 10.9 Å². The summed E-state index contributed by atoms with van der Waals surface area (Å²) in [6.45, 7) is 2.03. The summed E-state index contributed by atoms with van der Waals surface area (Å²) in [5.74, 6) is -1.83. The molecule has 0 aliphatic heterocycles. The molecule has 0 aliphatic rings. The van der Waals surface area contributed by atoms with Crippen molar-refractivity contribution in [3.05, 3.63) is 47.8 Å². The quantitative estimate of drug-likeness (QED) is 0.668. The highest BCUT2D eigenvalue weighted by Gasteiger charge is 2.23. The highest BCUT2D eigenvalue weighted by molar-refractivity contribution is 7.99. The van der Waals surface area contributed by atoms with Gasteiger partial charge in [-0.1, -0.05) is 49.0 Å². The molecule has 1 aromatic heterocycles. The first kappa shape index (κ1) is 17.3. The number of carboxylic acid groups (broad SMARTS) is 1. The number of alkyl halides is 2. The number of carboxylic acids is 1. The van der Waals surface area contributed by atoms with E-state index in [2.05, 4.69) is 10.2 Å². The molecule has 0 saturated heterocycles. The summed E-state index contributed by atoms with van der Waals surface area (Å²) in [6, 6.07) is 11.2. The molecule has 0 fully saturated rings. The Hall–Kier alpha value is -2.48. The van der Waals surface area contributed by atoms with Crippen LogP contribution in [0, 0.1) is 0 Å². The second-order valence-corrected chi connectivity index (χ2v) is 6.24. The van der Waals surface area contributed by atoms with Gasteiger partial charge in [0.15, 0.2) is 5.16 Å². The van der Waals surface area contributed by atoms with Crippen LogP contribution in [0.15, 0.2) is 41.6 Å². The zero-order chi connectivity index (χ0) is 18.0. The van der Waals surface area contributed by atoms with Gasteiger partial charge in [-0.2, -0.15) is 0 Å². The summed E-state index contributed by atoms with van der Waals surface area (Å²) >= 11 is 0.863. The molecule has 1 N–H and O–H groups in total. The minimum absolute atomic E-state index is 0.132. The number of hydrogen-bond acceptors (Lipinski definition) is 4. The molecule has 0 spiro atoms. The Morgan fingerprint density at radius 3 is 2.56 bits per heavy atom. The van der Waals surface area contributed by atoms with E-state index >= 15 is 0 Å². The molecule has 25 heavy (non-hydrogen) atoms. The first-order valence-corrected chi connectivity index (χ1v) is 8.60. The molecule has 3 rings (SSSR count). The molecule has 0 radical (unpaired) electrons. The molecule has 8 heteroatoms. The number of benzene rings is 2. The number of nitrogens with zero attached hydrogens (tertiary/aromatic N) is 3. The van der Waals surface area contributed by atoms with Crippen molar-refractivity contribution in [2.75, 3.05) is 5.75 Å². The van der Waals surface area contributed by atoms with Crippen molar-refractivity contribution < 1.29 is 18.7 Å². The number of fused-ring (bicyclic) bond motifs is 1. The predicted molar refractivity (Wildman–Crippen MR) is 91.6 cm³/mol. The van der Waals surface area contributed by atoms with Gasteiger partial charge in [-0.3, -0.25) is 9.36 Å². The van der Waals surface area contributed by atoms with Gasteiger partial charge < -0.3 is 5.11 Å². The van der Waals surface area contributed by atoms with Gasteiger partial charge in [-0.25, -0.2) is 8.78 Å². The van der Waals surface area contributed by atoms with E-state index in [9.17, 15) is 13.6 Å². The summed E-state index contributed by atoms with van der Waals surface area (Å²) in [5, 5.41) is 18.1. The average molecular weight is 363 g/mol. The second-order valence-electron chi connectivity index (χ2n) is 5.30. The van der Waals surface area contributed by atoms with Gasteiger partial charge in [-0.05, 0) is 23.4 Å². The van der Waals surface area contributed by atoms with Crippen LogP contribution in [-0.4, -0.2) is 31.6 Å².